The molecular weight excluding hydrogens is 334 g/mol. The molecule has 0 radical (unpaired) electrons. The Balaban J connectivity index is 1.94. The first-order valence-corrected chi connectivity index (χ1v) is 7.78. The standard InChI is InChI=1S/C19H13N3O4/c23-16-10-22(21-17(18(16)24)19(25)26)15-4-2-1-3-13(15)11-5-6-14-12(9-11)7-8-20-14/h1-10,20,23H,(H,25,26). The second-order valence-electron chi connectivity index (χ2n) is 5.74. The second-order valence-corrected chi connectivity index (χ2v) is 5.74. The minimum atomic E-state index is -1.49. The number of aromatic hydroxyl groups is 1. The summed E-state index contributed by atoms with van der Waals surface area (Å²) in [5.41, 5.74) is 1.46. The van der Waals surface area contributed by atoms with Crippen molar-refractivity contribution in [2.24, 2.45) is 0 Å². The van der Waals surface area contributed by atoms with Gasteiger partial charge in [-0.1, -0.05) is 24.3 Å². The lowest BCUT2D eigenvalue weighted by atomic mass is 10.0. The van der Waals surface area contributed by atoms with Gasteiger partial charge in [0.05, 0.1) is 11.9 Å². The largest absolute Gasteiger partial charge is 0.503 e. The summed E-state index contributed by atoms with van der Waals surface area (Å²) in [5, 5.41) is 23.9. The van der Waals surface area contributed by atoms with E-state index in [1.54, 1.807) is 12.1 Å². The topological polar surface area (TPSA) is 108 Å². The predicted octanol–water partition coefficient (Wildman–Crippen LogP) is 2.78. The lowest BCUT2D eigenvalue weighted by Crippen LogP contribution is -2.21. The molecule has 2 heterocycles. The maximum Gasteiger partial charge on any atom is 0.360 e. The van der Waals surface area contributed by atoms with Crippen molar-refractivity contribution >= 4 is 16.9 Å². The summed E-state index contributed by atoms with van der Waals surface area (Å²) in [6.45, 7) is 0. The number of aromatic carboxylic acids is 1. The third-order valence-electron chi connectivity index (χ3n) is 4.12. The molecule has 3 N–H and O–H groups in total. The first-order chi connectivity index (χ1) is 12.5. The van der Waals surface area contributed by atoms with Gasteiger partial charge in [0.15, 0.2) is 5.75 Å². The molecule has 2 aromatic heterocycles. The zero-order valence-electron chi connectivity index (χ0n) is 13.4. The molecule has 0 saturated heterocycles. The van der Waals surface area contributed by atoms with Crippen LogP contribution in [-0.4, -0.2) is 30.9 Å². The van der Waals surface area contributed by atoms with E-state index in [0.717, 1.165) is 28.2 Å². The van der Waals surface area contributed by atoms with E-state index in [4.69, 9.17) is 5.11 Å². The van der Waals surface area contributed by atoms with Gasteiger partial charge in [-0.25, -0.2) is 9.48 Å². The Morgan fingerprint density at radius 2 is 1.92 bits per heavy atom. The lowest BCUT2D eigenvalue weighted by molar-refractivity contribution is 0.0686. The van der Waals surface area contributed by atoms with Crippen LogP contribution in [0, 0.1) is 0 Å². The molecule has 0 saturated carbocycles. The maximum atomic E-state index is 11.8. The van der Waals surface area contributed by atoms with E-state index >= 15 is 0 Å². The zero-order valence-corrected chi connectivity index (χ0v) is 13.4. The molecule has 2 aromatic carbocycles. The van der Waals surface area contributed by atoms with Crippen LogP contribution in [0.4, 0.5) is 0 Å². The van der Waals surface area contributed by atoms with Crippen molar-refractivity contribution in [3.8, 4) is 22.6 Å². The minimum absolute atomic E-state index is 0.542. The summed E-state index contributed by atoms with van der Waals surface area (Å²) < 4.78 is 1.21. The number of rotatable bonds is 3. The molecule has 0 atom stereocenters. The van der Waals surface area contributed by atoms with E-state index in [1.165, 1.54) is 4.68 Å². The number of carboxylic acid groups (broad SMARTS) is 1. The van der Waals surface area contributed by atoms with Gasteiger partial charge in [0.25, 0.3) is 5.43 Å². The highest BCUT2D eigenvalue weighted by Gasteiger charge is 2.17. The molecule has 4 aromatic rings. The third kappa shape index (κ3) is 2.51. The molecule has 0 unspecified atom stereocenters. The van der Waals surface area contributed by atoms with Crippen LogP contribution < -0.4 is 5.43 Å². The van der Waals surface area contributed by atoms with Gasteiger partial charge >= 0.3 is 5.97 Å². The number of aromatic amines is 1. The Bertz CT molecular complexity index is 1210. The zero-order chi connectivity index (χ0) is 18.3. The Morgan fingerprint density at radius 3 is 2.73 bits per heavy atom. The van der Waals surface area contributed by atoms with Gasteiger partial charge in [0.2, 0.25) is 5.69 Å². The van der Waals surface area contributed by atoms with Gasteiger partial charge in [0.1, 0.15) is 0 Å². The van der Waals surface area contributed by atoms with Crippen LogP contribution in [0.15, 0.2) is 65.7 Å². The predicted molar refractivity (Wildman–Crippen MR) is 95.8 cm³/mol. The maximum absolute atomic E-state index is 11.8. The number of benzene rings is 2. The van der Waals surface area contributed by atoms with Crippen molar-refractivity contribution in [3.63, 3.8) is 0 Å². The van der Waals surface area contributed by atoms with Crippen LogP contribution in [0.1, 0.15) is 10.5 Å². The molecule has 0 fully saturated rings. The van der Waals surface area contributed by atoms with Gasteiger partial charge in [-0.2, -0.15) is 5.10 Å². The molecule has 26 heavy (non-hydrogen) atoms. The van der Waals surface area contributed by atoms with Crippen LogP contribution in [0.25, 0.3) is 27.7 Å². The number of nitrogens with one attached hydrogen (secondary N) is 1. The summed E-state index contributed by atoms with van der Waals surface area (Å²) in [5.74, 6) is -2.17. The fourth-order valence-electron chi connectivity index (χ4n) is 2.88. The average Bonchev–Trinajstić information content (AvgIpc) is 3.11. The third-order valence-corrected chi connectivity index (χ3v) is 4.12. The minimum Gasteiger partial charge on any atom is -0.503 e. The first-order valence-electron chi connectivity index (χ1n) is 7.78. The van der Waals surface area contributed by atoms with Crippen molar-refractivity contribution in [2.45, 2.75) is 0 Å². The highest BCUT2D eigenvalue weighted by atomic mass is 16.4. The van der Waals surface area contributed by atoms with E-state index < -0.39 is 22.8 Å². The van der Waals surface area contributed by atoms with Crippen LogP contribution in [0.3, 0.4) is 0 Å². The summed E-state index contributed by atoms with van der Waals surface area (Å²) in [4.78, 5) is 26.1. The lowest BCUT2D eigenvalue weighted by Gasteiger charge is -2.13. The van der Waals surface area contributed by atoms with Crippen molar-refractivity contribution in [2.75, 3.05) is 0 Å². The van der Waals surface area contributed by atoms with E-state index in [9.17, 15) is 14.7 Å². The highest BCUT2D eigenvalue weighted by Crippen LogP contribution is 2.29. The molecule has 0 spiro atoms. The molecule has 0 aliphatic carbocycles. The quantitative estimate of drug-likeness (QED) is 0.528. The van der Waals surface area contributed by atoms with Crippen LogP contribution >= 0.6 is 0 Å². The van der Waals surface area contributed by atoms with Crippen LogP contribution in [0.5, 0.6) is 5.75 Å². The number of nitrogens with zero attached hydrogens (tertiary/aromatic N) is 2. The Labute approximate surface area is 146 Å². The molecule has 0 aliphatic rings. The number of carbonyl (C=O) groups is 1. The van der Waals surface area contributed by atoms with Gasteiger partial charge in [0, 0.05) is 17.3 Å². The normalized spacial score (nSPS) is 10.9. The van der Waals surface area contributed by atoms with Gasteiger partial charge in [-0.3, -0.25) is 4.79 Å². The van der Waals surface area contributed by atoms with Gasteiger partial charge in [-0.15, -0.1) is 0 Å². The number of aromatic nitrogens is 3. The molecule has 7 nitrogen and oxygen atoms in total. The van der Waals surface area contributed by atoms with Crippen LogP contribution in [-0.2, 0) is 0 Å². The SMILES string of the molecule is O=C(O)c1nn(-c2ccccc2-c2ccc3[nH]ccc3c2)cc(O)c1=O. The Morgan fingerprint density at radius 1 is 1.12 bits per heavy atom. The first kappa shape index (κ1) is 15.6. The Hall–Kier alpha value is -3.87. The fraction of sp³-hybridized carbons (Fsp3) is 0. The van der Waals surface area contributed by atoms with E-state index in [1.807, 2.05) is 42.6 Å². The average molecular weight is 347 g/mol. The molecule has 0 amide bonds. The summed E-state index contributed by atoms with van der Waals surface area (Å²) in [7, 11) is 0. The van der Waals surface area contributed by atoms with Crippen molar-refractivity contribution in [3.05, 3.63) is 76.8 Å². The van der Waals surface area contributed by atoms with E-state index in [2.05, 4.69) is 10.1 Å². The highest BCUT2D eigenvalue weighted by molar-refractivity contribution is 5.87. The van der Waals surface area contributed by atoms with Crippen molar-refractivity contribution < 1.29 is 15.0 Å². The van der Waals surface area contributed by atoms with Gasteiger partial charge in [-0.05, 0) is 35.2 Å². The van der Waals surface area contributed by atoms with E-state index in [0.29, 0.717) is 5.69 Å². The smallest absolute Gasteiger partial charge is 0.360 e. The number of para-hydroxylation sites is 1. The molecule has 0 aliphatic heterocycles. The second kappa shape index (κ2) is 5.89. The number of hydrogen-bond donors (Lipinski definition) is 3. The molecule has 128 valence electrons. The molecular formula is C19H13N3O4. The summed E-state index contributed by atoms with van der Waals surface area (Å²) in [6, 6.07) is 15.0. The Kier molecular flexibility index (Phi) is 3.54. The fourth-order valence-corrected chi connectivity index (χ4v) is 2.88. The summed E-state index contributed by atoms with van der Waals surface area (Å²) in [6.07, 6.45) is 2.96. The number of carboxylic acids is 1. The van der Waals surface area contributed by atoms with Gasteiger partial charge < -0.3 is 15.2 Å². The number of H-pyrrole nitrogens is 1. The van der Waals surface area contributed by atoms with E-state index in [-0.39, 0.29) is 0 Å². The number of fused-ring (bicyclic) bond motifs is 1. The monoisotopic (exact) mass is 347 g/mol. The molecule has 4 rings (SSSR count). The van der Waals surface area contributed by atoms with Crippen molar-refractivity contribution in [1.82, 2.24) is 14.8 Å². The van der Waals surface area contributed by atoms with Crippen LogP contribution in [0.2, 0.25) is 0 Å². The molecule has 7 heteroatoms. The molecule has 0 bridgehead atoms. The summed E-state index contributed by atoms with van der Waals surface area (Å²) >= 11 is 0. The number of hydrogen-bond acceptors (Lipinski definition) is 4. The van der Waals surface area contributed by atoms with Crippen molar-refractivity contribution in [1.29, 1.82) is 0 Å².